The van der Waals surface area contributed by atoms with Crippen molar-refractivity contribution in [1.82, 2.24) is 10.9 Å². The molecule has 7 heteroatoms. The van der Waals surface area contributed by atoms with E-state index in [1.165, 1.54) is 0 Å². The molecule has 64 valence electrons. The van der Waals surface area contributed by atoms with E-state index in [9.17, 15) is 9.59 Å². The molecule has 11 heavy (non-hydrogen) atoms. The van der Waals surface area contributed by atoms with Gasteiger partial charge in [-0.3, -0.25) is 25.3 Å². The molecule has 0 aliphatic rings. The van der Waals surface area contributed by atoms with Crippen LogP contribution in [-0.2, 0) is 14.4 Å². The molecule has 0 aliphatic heterocycles. The van der Waals surface area contributed by atoms with Crippen LogP contribution < -0.4 is 22.5 Å². The Morgan fingerprint density at radius 3 is 2.27 bits per heavy atom. The van der Waals surface area contributed by atoms with Crippen LogP contribution in [0.2, 0.25) is 0 Å². The minimum atomic E-state index is -0.547. The summed E-state index contributed by atoms with van der Waals surface area (Å²) >= 11 is 0. The summed E-state index contributed by atoms with van der Waals surface area (Å²) in [5.74, 6) is 3.53. The minimum absolute atomic E-state index is 0.191. The smallest absolute Gasteiger partial charge is 0.266 e. The summed E-state index contributed by atoms with van der Waals surface area (Å²) in [6.07, 6.45) is 0. The van der Waals surface area contributed by atoms with E-state index < -0.39 is 11.8 Å². The van der Waals surface area contributed by atoms with Gasteiger partial charge in [-0.15, -0.1) is 0 Å². The summed E-state index contributed by atoms with van der Waals surface area (Å²) in [6.45, 7) is -0.505. The van der Waals surface area contributed by atoms with Crippen LogP contribution >= 0.6 is 0 Å². The molecular weight excluding hydrogens is 152 g/mol. The summed E-state index contributed by atoms with van der Waals surface area (Å²) in [5.41, 5.74) is 8.94. The maximum absolute atomic E-state index is 10.5. The normalized spacial score (nSPS) is 8.91. The van der Waals surface area contributed by atoms with Gasteiger partial charge in [-0.25, -0.2) is 5.90 Å². The van der Waals surface area contributed by atoms with E-state index in [2.05, 4.69) is 10.7 Å². The minimum Gasteiger partial charge on any atom is -0.322 e. The average Bonchev–Trinajstić information content (AvgIpc) is 2.01. The zero-order valence-corrected chi connectivity index (χ0v) is 5.79. The van der Waals surface area contributed by atoms with Crippen LogP contribution in [0.15, 0.2) is 0 Å². The van der Waals surface area contributed by atoms with Crippen LogP contribution in [0.3, 0.4) is 0 Å². The van der Waals surface area contributed by atoms with Crippen molar-refractivity contribution in [3.63, 3.8) is 0 Å². The van der Waals surface area contributed by atoms with E-state index >= 15 is 0 Å². The Bertz CT molecular complexity index is 148. The molecule has 0 aliphatic carbocycles. The fourth-order valence-electron chi connectivity index (χ4n) is 0.302. The predicted octanol–water partition coefficient (Wildman–Crippen LogP) is -3.02. The summed E-state index contributed by atoms with van der Waals surface area (Å²) < 4.78 is 0. The highest BCUT2D eigenvalue weighted by Crippen LogP contribution is 1.62. The molecule has 0 rings (SSSR count). The summed E-state index contributed by atoms with van der Waals surface area (Å²) in [6, 6.07) is 0. The van der Waals surface area contributed by atoms with E-state index in [1.807, 2.05) is 10.9 Å². The Hall–Kier alpha value is -1.18. The lowest BCUT2D eigenvalue weighted by Gasteiger charge is -2.03. The Kier molecular flexibility index (Phi) is 4.99. The standard InChI is InChI=1S/C4H10N4O3/c5-1-3(9)7-8-4(10)2-11-6/h1-2,5-6H2,(H,7,9)(H,8,10). The SMILES string of the molecule is NCC(=O)NNC(=O)CON. The Labute approximate surface area is 63.0 Å². The van der Waals surface area contributed by atoms with Gasteiger partial charge in [0.05, 0.1) is 6.54 Å². The molecule has 2 amide bonds. The fourth-order valence-corrected chi connectivity index (χ4v) is 0.302. The van der Waals surface area contributed by atoms with Crippen molar-refractivity contribution in [1.29, 1.82) is 0 Å². The lowest BCUT2D eigenvalue weighted by Crippen LogP contribution is -2.46. The van der Waals surface area contributed by atoms with Gasteiger partial charge in [-0.2, -0.15) is 0 Å². The highest BCUT2D eigenvalue weighted by atomic mass is 16.6. The summed E-state index contributed by atoms with van der Waals surface area (Å²) in [4.78, 5) is 24.9. The Morgan fingerprint density at radius 1 is 1.27 bits per heavy atom. The first kappa shape index (κ1) is 9.82. The van der Waals surface area contributed by atoms with E-state index in [0.717, 1.165) is 0 Å². The van der Waals surface area contributed by atoms with Crippen molar-refractivity contribution >= 4 is 11.8 Å². The molecule has 6 N–H and O–H groups in total. The van der Waals surface area contributed by atoms with Gasteiger partial charge in [-0.05, 0) is 0 Å². The second-order valence-corrected chi connectivity index (χ2v) is 1.61. The van der Waals surface area contributed by atoms with Gasteiger partial charge in [0.15, 0.2) is 0 Å². The van der Waals surface area contributed by atoms with Crippen molar-refractivity contribution in [2.45, 2.75) is 0 Å². The third-order valence-corrected chi connectivity index (χ3v) is 0.741. The molecule has 0 radical (unpaired) electrons. The van der Waals surface area contributed by atoms with Gasteiger partial charge in [0.25, 0.3) is 11.8 Å². The van der Waals surface area contributed by atoms with Crippen LogP contribution in [0.4, 0.5) is 0 Å². The molecular formula is C4H10N4O3. The first-order valence-electron chi connectivity index (χ1n) is 2.80. The van der Waals surface area contributed by atoms with E-state index in [1.54, 1.807) is 0 Å². The number of nitrogens with one attached hydrogen (secondary N) is 2. The molecule has 0 aromatic carbocycles. The van der Waals surface area contributed by atoms with Crippen molar-refractivity contribution < 1.29 is 14.4 Å². The molecule has 0 atom stereocenters. The Balaban J connectivity index is 3.38. The quantitative estimate of drug-likeness (QED) is 0.329. The van der Waals surface area contributed by atoms with E-state index in [-0.39, 0.29) is 13.2 Å². The number of nitrogens with two attached hydrogens (primary N) is 2. The molecule has 0 saturated carbocycles. The molecule has 0 spiro atoms. The zero-order valence-electron chi connectivity index (χ0n) is 5.79. The Morgan fingerprint density at radius 2 is 1.82 bits per heavy atom. The lowest BCUT2D eigenvalue weighted by atomic mass is 10.6. The molecule has 7 nitrogen and oxygen atoms in total. The molecule has 0 fully saturated rings. The molecule has 0 bridgehead atoms. The number of hydrazine groups is 1. The number of hydrogen-bond donors (Lipinski definition) is 4. The number of amides is 2. The third-order valence-electron chi connectivity index (χ3n) is 0.741. The summed E-state index contributed by atoms with van der Waals surface area (Å²) in [5, 5.41) is 0. The van der Waals surface area contributed by atoms with Crippen molar-refractivity contribution in [3.05, 3.63) is 0 Å². The predicted molar refractivity (Wildman–Crippen MR) is 35.5 cm³/mol. The second kappa shape index (κ2) is 5.59. The van der Waals surface area contributed by atoms with Crippen LogP contribution in [0.5, 0.6) is 0 Å². The molecule has 0 saturated heterocycles. The van der Waals surface area contributed by atoms with Crippen LogP contribution in [0.1, 0.15) is 0 Å². The molecule has 0 heterocycles. The first-order chi connectivity index (χ1) is 5.20. The number of rotatable bonds is 3. The van der Waals surface area contributed by atoms with E-state index in [4.69, 9.17) is 5.73 Å². The van der Waals surface area contributed by atoms with Crippen LogP contribution in [0.25, 0.3) is 0 Å². The maximum atomic E-state index is 10.5. The summed E-state index contributed by atoms with van der Waals surface area (Å²) in [7, 11) is 0. The first-order valence-corrected chi connectivity index (χ1v) is 2.80. The molecule has 0 aromatic heterocycles. The maximum Gasteiger partial charge on any atom is 0.266 e. The topological polar surface area (TPSA) is 119 Å². The van der Waals surface area contributed by atoms with Gasteiger partial charge >= 0.3 is 0 Å². The van der Waals surface area contributed by atoms with Gasteiger partial charge in [0, 0.05) is 0 Å². The second-order valence-electron chi connectivity index (χ2n) is 1.61. The van der Waals surface area contributed by atoms with Crippen LogP contribution in [-0.4, -0.2) is 25.0 Å². The van der Waals surface area contributed by atoms with Crippen LogP contribution in [0, 0.1) is 0 Å². The van der Waals surface area contributed by atoms with Gasteiger partial charge in [0.1, 0.15) is 6.61 Å². The highest BCUT2D eigenvalue weighted by Gasteiger charge is 2.00. The van der Waals surface area contributed by atoms with Crippen molar-refractivity contribution in [2.75, 3.05) is 13.2 Å². The average molecular weight is 162 g/mol. The monoisotopic (exact) mass is 162 g/mol. The number of hydrogen-bond acceptors (Lipinski definition) is 5. The largest absolute Gasteiger partial charge is 0.322 e. The van der Waals surface area contributed by atoms with Crippen molar-refractivity contribution in [2.24, 2.45) is 11.6 Å². The number of carbonyl (C=O) groups is 2. The van der Waals surface area contributed by atoms with E-state index in [0.29, 0.717) is 0 Å². The molecule has 0 unspecified atom stereocenters. The third kappa shape index (κ3) is 5.27. The fraction of sp³-hybridized carbons (Fsp3) is 0.500. The van der Waals surface area contributed by atoms with Gasteiger partial charge in [-0.1, -0.05) is 0 Å². The van der Waals surface area contributed by atoms with Gasteiger partial charge in [0.2, 0.25) is 0 Å². The zero-order chi connectivity index (χ0) is 8.69. The van der Waals surface area contributed by atoms with Crippen molar-refractivity contribution in [3.8, 4) is 0 Å². The number of carbonyl (C=O) groups excluding carboxylic acids is 2. The van der Waals surface area contributed by atoms with Gasteiger partial charge < -0.3 is 5.73 Å². The lowest BCUT2D eigenvalue weighted by molar-refractivity contribution is -0.131. The highest BCUT2D eigenvalue weighted by molar-refractivity contribution is 5.83. The molecule has 0 aromatic rings.